The summed E-state index contributed by atoms with van der Waals surface area (Å²) in [7, 11) is 2.04. The van der Waals surface area contributed by atoms with E-state index in [1.54, 1.807) is 6.07 Å². The van der Waals surface area contributed by atoms with Gasteiger partial charge in [-0.05, 0) is 56.1 Å². The summed E-state index contributed by atoms with van der Waals surface area (Å²) >= 11 is 0. The number of ether oxygens (including phenoxy) is 1. The molecule has 1 heterocycles. The molecule has 124 valence electrons. The molecule has 0 aromatic heterocycles. The van der Waals surface area contributed by atoms with Gasteiger partial charge in [0.25, 0.3) is 0 Å². The first-order valence-electron chi connectivity index (χ1n) is 7.82. The van der Waals surface area contributed by atoms with Gasteiger partial charge in [-0.2, -0.15) is 13.2 Å². The van der Waals surface area contributed by atoms with Gasteiger partial charge in [-0.3, -0.25) is 0 Å². The van der Waals surface area contributed by atoms with Crippen LogP contribution in [0.3, 0.4) is 0 Å². The largest absolute Gasteiger partial charge is 0.492 e. The Morgan fingerprint density at radius 2 is 1.95 bits per heavy atom. The third-order valence-electron chi connectivity index (χ3n) is 4.29. The highest BCUT2D eigenvalue weighted by Gasteiger charge is 2.31. The van der Waals surface area contributed by atoms with Crippen LogP contribution in [0.15, 0.2) is 18.2 Å². The number of rotatable bonds is 4. The summed E-state index contributed by atoms with van der Waals surface area (Å²) in [6, 6.07) is 4.33. The summed E-state index contributed by atoms with van der Waals surface area (Å²) in [6.45, 7) is 5.23. The molecule has 5 heteroatoms. The first-order valence-corrected chi connectivity index (χ1v) is 7.82. The number of piperidine rings is 1. The Hall–Kier alpha value is -1.23. The minimum atomic E-state index is -4.34. The van der Waals surface area contributed by atoms with E-state index in [2.05, 4.69) is 4.90 Å². The second kappa shape index (κ2) is 6.90. The zero-order chi connectivity index (χ0) is 16.3. The smallest absolute Gasteiger partial charge is 0.416 e. The van der Waals surface area contributed by atoms with Crippen LogP contribution >= 0.6 is 0 Å². The van der Waals surface area contributed by atoms with Gasteiger partial charge in [0, 0.05) is 6.04 Å². The van der Waals surface area contributed by atoms with Gasteiger partial charge in [0.2, 0.25) is 0 Å². The molecule has 2 nitrogen and oxygen atoms in total. The van der Waals surface area contributed by atoms with Crippen LogP contribution in [0.5, 0.6) is 5.75 Å². The number of hydrogen-bond donors (Lipinski definition) is 0. The summed E-state index contributed by atoms with van der Waals surface area (Å²) in [5, 5.41) is 0. The molecule has 22 heavy (non-hydrogen) atoms. The fraction of sp³-hybridized carbons (Fsp3) is 0.647. The van der Waals surface area contributed by atoms with Crippen molar-refractivity contribution in [2.24, 2.45) is 0 Å². The Balaban J connectivity index is 2.13. The minimum Gasteiger partial charge on any atom is -0.492 e. The summed E-state index contributed by atoms with van der Waals surface area (Å²) in [4.78, 5) is 2.22. The fourth-order valence-electron chi connectivity index (χ4n) is 2.75. The maximum Gasteiger partial charge on any atom is 0.416 e. The molecule has 1 aliphatic heterocycles. The van der Waals surface area contributed by atoms with Gasteiger partial charge < -0.3 is 9.64 Å². The van der Waals surface area contributed by atoms with Crippen molar-refractivity contribution in [3.8, 4) is 5.75 Å². The molecular weight excluding hydrogens is 291 g/mol. The van der Waals surface area contributed by atoms with Gasteiger partial charge in [0.15, 0.2) is 0 Å². The Bertz CT molecular complexity index is 499. The Morgan fingerprint density at radius 1 is 1.23 bits per heavy atom. The summed E-state index contributed by atoms with van der Waals surface area (Å²) in [5.74, 6) is 0.347. The Morgan fingerprint density at radius 3 is 2.55 bits per heavy atom. The lowest BCUT2D eigenvalue weighted by atomic mass is 10.00. The van der Waals surface area contributed by atoms with Gasteiger partial charge in [-0.25, -0.2) is 0 Å². The van der Waals surface area contributed by atoms with Crippen molar-refractivity contribution >= 4 is 0 Å². The monoisotopic (exact) mass is 315 g/mol. The van der Waals surface area contributed by atoms with Crippen molar-refractivity contribution in [2.45, 2.75) is 51.2 Å². The van der Waals surface area contributed by atoms with Crippen molar-refractivity contribution in [3.05, 3.63) is 29.3 Å². The van der Waals surface area contributed by atoms with Crippen molar-refractivity contribution in [1.29, 1.82) is 0 Å². The quantitative estimate of drug-likeness (QED) is 0.799. The second-order valence-corrected chi connectivity index (χ2v) is 6.38. The lowest BCUT2D eigenvalue weighted by molar-refractivity contribution is -0.137. The zero-order valence-electron chi connectivity index (χ0n) is 13.4. The number of hydrogen-bond acceptors (Lipinski definition) is 2. The topological polar surface area (TPSA) is 12.5 Å². The molecule has 1 aliphatic rings. The van der Waals surface area contributed by atoms with E-state index >= 15 is 0 Å². The highest BCUT2D eigenvalue weighted by molar-refractivity contribution is 5.37. The highest BCUT2D eigenvalue weighted by atomic mass is 19.4. The Kier molecular flexibility index (Phi) is 5.37. The summed E-state index contributed by atoms with van der Waals surface area (Å²) in [5.41, 5.74) is 0.0209. The lowest BCUT2D eigenvalue weighted by Crippen LogP contribution is -2.40. The number of benzene rings is 1. The number of alkyl halides is 3. The molecule has 0 spiro atoms. The van der Waals surface area contributed by atoms with Crippen LogP contribution in [0.4, 0.5) is 13.2 Å². The first-order chi connectivity index (χ1) is 10.3. The molecule has 2 rings (SSSR count). The van der Waals surface area contributed by atoms with E-state index in [4.69, 9.17) is 4.74 Å². The van der Waals surface area contributed by atoms with Gasteiger partial charge >= 0.3 is 6.18 Å². The van der Waals surface area contributed by atoms with E-state index < -0.39 is 11.7 Å². The van der Waals surface area contributed by atoms with E-state index in [1.807, 2.05) is 20.9 Å². The van der Waals surface area contributed by atoms with E-state index in [9.17, 15) is 13.2 Å². The second-order valence-electron chi connectivity index (χ2n) is 6.38. The molecule has 1 aromatic rings. The number of likely N-dealkylation sites (tertiary alicyclic amines) is 1. The molecule has 0 aliphatic carbocycles. The van der Waals surface area contributed by atoms with Crippen LogP contribution in [0.2, 0.25) is 0 Å². The average molecular weight is 315 g/mol. The SMILES string of the molecule is CC(C)c1cc(OCC2CCCCN2C)cc(C(F)(F)F)c1. The molecule has 1 fully saturated rings. The van der Waals surface area contributed by atoms with E-state index in [0.29, 0.717) is 17.9 Å². The third kappa shape index (κ3) is 4.38. The van der Waals surface area contributed by atoms with E-state index in [0.717, 1.165) is 25.5 Å². The molecular formula is C17H24F3NO. The van der Waals surface area contributed by atoms with Gasteiger partial charge in [0.1, 0.15) is 12.4 Å². The van der Waals surface area contributed by atoms with Crippen molar-refractivity contribution < 1.29 is 17.9 Å². The Labute approximate surface area is 130 Å². The van der Waals surface area contributed by atoms with Crippen molar-refractivity contribution in [3.63, 3.8) is 0 Å². The highest BCUT2D eigenvalue weighted by Crippen LogP contribution is 2.34. The third-order valence-corrected chi connectivity index (χ3v) is 4.29. The molecule has 1 saturated heterocycles. The molecule has 1 aromatic carbocycles. The van der Waals surface area contributed by atoms with Crippen molar-refractivity contribution in [2.75, 3.05) is 20.2 Å². The molecule has 0 amide bonds. The predicted octanol–water partition coefficient (Wildman–Crippen LogP) is 4.69. The molecule has 0 radical (unpaired) electrons. The van der Waals surface area contributed by atoms with E-state index in [-0.39, 0.29) is 12.0 Å². The fourth-order valence-corrected chi connectivity index (χ4v) is 2.75. The standard InChI is InChI=1S/C17H24F3NO/c1-12(2)13-8-14(17(18,19)20)10-16(9-13)22-11-15-6-4-5-7-21(15)3/h8-10,12,15H,4-7,11H2,1-3H3. The predicted molar refractivity (Wildman–Crippen MR) is 81.3 cm³/mol. The van der Waals surface area contributed by atoms with Crippen LogP contribution in [-0.2, 0) is 6.18 Å². The molecule has 0 N–H and O–H groups in total. The summed E-state index contributed by atoms with van der Waals surface area (Å²) in [6.07, 6.45) is -0.983. The first kappa shape index (κ1) is 17.1. The van der Waals surface area contributed by atoms with Crippen LogP contribution in [-0.4, -0.2) is 31.1 Å². The minimum absolute atomic E-state index is 0.0296. The molecule has 0 bridgehead atoms. The average Bonchev–Trinajstić information content (AvgIpc) is 2.45. The normalized spacial score (nSPS) is 20.4. The molecule has 0 saturated carbocycles. The van der Waals surface area contributed by atoms with Crippen LogP contribution in [0.25, 0.3) is 0 Å². The molecule has 1 unspecified atom stereocenters. The number of halogens is 3. The van der Waals surface area contributed by atoms with Gasteiger partial charge in [0.05, 0.1) is 5.56 Å². The zero-order valence-corrected chi connectivity index (χ0v) is 13.4. The maximum absolute atomic E-state index is 13.0. The maximum atomic E-state index is 13.0. The van der Waals surface area contributed by atoms with Crippen LogP contribution < -0.4 is 4.74 Å². The number of nitrogens with zero attached hydrogens (tertiary/aromatic N) is 1. The van der Waals surface area contributed by atoms with Gasteiger partial charge in [-0.15, -0.1) is 0 Å². The summed E-state index contributed by atoms with van der Waals surface area (Å²) < 4.78 is 44.7. The lowest BCUT2D eigenvalue weighted by Gasteiger charge is -2.32. The van der Waals surface area contributed by atoms with Crippen LogP contribution in [0.1, 0.15) is 50.2 Å². The molecule has 1 atom stereocenters. The van der Waals surface area contributed by atoms with Crippen LogP contribution in [0, 0.1) is 0 Å². The van der Waals surface area contributed by atoms with E-state index in [1.165, 1.54) is 12.5 Å². The number of likely N-dealkylation sites (N-methyl/N-ethyl adjacent to an activating group) is 1. The van der Waals surface area contributed by atoms with Crippen molar-refractivity contribution in [1.82, 2.24) is 4.90 Å². The van der Waals surface area contributed by atoms with Gasteiger partial charge in [-0.1, -0.05) is 20.3 Å².